The molecule has 2 aromatic carbocycles. The third kappa shape index (κ3) is 6.73. The molecular weight excluding hydrogens is 367 g/mol. The number of benzene rings is 2. The molecule has 1 aliphatic rings. The average Bonchev–Trinajstić information content (AvgIpc) is 2.75. The van der Waals surface area contributed by atoms with Gasteiger partial charge in [0.05, 0.1) is 5.56 Å². The first-order valence-electron chi connectivity index (χ1n) is 11.9. The van der Waals surface area contributed by atoms with Crippen molar-refractivity contribution in [3.63, 3.8) is 0 Å². The van der Waals surface area contributed by atoms with Crippen molar-refractivity contribution in [2.45, 2.75) is 78.6 Å². The number of hydrogen-bond donors (Lipinski definition) is 0. The number of rotatable bonds is 7. The maximum Gasteiger partial charge on any atom is 0.139 e. The lowest BCUT2D eigenvalue weighted by Gasteiger charge is -2.32. The van der Waals surface area contributed by atoms with Gasteiger partial charge in [-0.25, -0.2) is 4.39 Å². The molecule has 0 nitrogen and oxygen atoms in total. The molecule has 1 aliphatic carbocycles. The molecule has 1 heteroatoms. The summed E-state index contributed by atoms with van der Waals surface area (Å²) in [6.45, 7) is 6.69. The third-order valence-corrected chi connectivity index (χ3v) is 6.90. The van der Waals surface area contributed by atoms with Crippen molar-refractivity contribution in [2.24, 2.45) is 17.8 Å². The first-order valence-corrected chi connectivity index (χ1v) is 11.9. The van der Waals surface area contributed by atoms with Crippen LogP contribution in [-0.2, 0) is 6.42 Å². The second-order valence-corrected chi connectivity index (χ2v) is 9.39. The maximum absolute atomic E-state index is 14.6. The molecule has 1 saturated carbocycles. The van der Waals surface area contributed by atoms with E-state index in [0.29, 0.717) is 11.5 Å². The molecule has 0 radical (unpaired) electrons. The third-order valence-electron chi connectivity index (χ3n) is 6.90. The van der Waals surface area contributed by atoms with Crippen LogP contribution in [0.25, 0.3) is 0 Å². The zero-order chi connectivity index (χ0) is 21.3. The van der Waals surface area contributed by atoms with Gasteiger partial charge in [0.1, 0.15) is 5.82 Å². The van der Waals surface area contributed by atoms with Gasteiger partial charge in [-0.15, -0.1) is 0 Å². The van der Waals surface area contributed by atoms with E-state index >= 15 is 0 Å². The maximum atomic E-state index is 14.6. The Morgan fingerprint density at radius 3 is 2.37 bits per heavy atom. The average molecular weight is 405 g/mol. The fraction of sp³-hybridized carbons (Fsp3) is 0.517. The molecule has 0 bridgehead atoms. The largest absolute Gasteiger partial charge is 0.206 e. The van der Waals surface area contributed by atoms with E-state index in [-0.39, 0.29) is 5.82 Å². The number of unbranched alkanes of at least 4 members (excludes halogenated alkanes) is 2. The molecule has 3 rings (SSSR count). The van der Waals surface area contributed by atoms with Crippen LogP contribution >= 0.6 is 0 Å². The van der Waals surface area contributed by atoms with Gasteiger partial charge in [-0.2, -0.15) is 0 Å². The lowest BCUT2D eigenvalue weighted by atomic mass is 9.73. The minimum Gasteiger partial charge on any atom is -0.206 e. The number of halogens is 1. The SMILES string of the molecule is CCCCCC1CCC(C(C)Cc2ccc(C#Cc3ccc(C)cc3)c(F)c2)CC1. The number of aryl methyl sites for hydroxylation is 1. The molecule has 0 aliphatic heterocycles. The van der Waals surface area contributed by atoms with Crippen LogP contribution in [0.5, 0.6) is 0 Å². The normalized spacial score (nSPS) is 19.7. The van der Waals surface area contributed by atoms with Gasteiger partial charge in [0.25, 0.3) is 0 Å². The molecule has 0 aromatic heterocycles. The first-order chi connectivity index (χ1) is 14.5. The fourth-order valence-corrected chi connectivity index (χ4v) is 4.83. The Balaban J connectivity index is 1.52. The second kappa shape index (κ2) is 11.4. The first kappa shape index (κ1) is 22.6. The van der Waals surface area contributed by atoms with Gasteiger partial charge in [0.2, 0.25) is 0 Å². The van der Waals surface area contributed by atoms with Gasteiger partial charge in [-0.05, 0) is 73.8 Å². The molecule has 1 unspecified atom stereocenters. The Morgan fingerprint density at radius 1 is 0.967 bits per heavy atom. The van der Waals surface area contributed by atoms with Crippen LogP contribution < -0.4 is 0 Å². The smallest absolute Gasteiger partial charge is 0.139 e. The Kier molecular flexibility index (Phi) is 8.56. The monoisotopic (exact) mass is 404 g/mol. The molecular formula is C29H37F. The van der Waals surface area contributed by atoms with E-state index in [1.54, 1.807) is 6.07 Å². The highest BCUT2D eigenvalue weighted by atomic mass is 19.1. The van der Waals surface area contributed by atoms with Gasteiger partial charge in [-0.3, -0.25) is 0 Å². The summed E-state index contributed by atoms with van der Waals surface area (Å²) in [5, 5.41) is 0. The van der Waals surface area contributed by atoms with Crippen LogP contribution in [0.2, 0.25) is 0 Å². The lowest BCUT2D eigenvalue weighted by Crippen LogP contribution is -2.21. The summed E-state index contributed by atoms with van der Waals surface area (Å²) < 4.78 is 14.6. The number of hydrogen-bond acceptors (Lipinski definition) is 0. The van der Waals surface area contributed by atoms with Crippen molar-refractivity contribution in [1.82, 2.24) is 0 Å². The highest BCUT2D eigenvalue weighted by Crippen LogP contribution is 2.37. The summed E-state index contributed by atoms with van der Waals surface area (Å²) in [6.07, 6.45) is 12.0. The highest BCUT2D eigenvalue weighted by Gasteiger charge is 2.25. The van der Waals surface area contributed by atoms with Crippen LogP contribution in [0.3, 0.4) is 0 Å². The summed E-state index contributed by atoms with van der Waals surface area (Å²) >= 11 is 0. The molecule has 30 heavy (non-hydrogen) atoms. The zero-order valence-corrected chi connectivity index (χ0v) is 19.0. The van der Waals surface area contributed by atoms with Gasteiger partial charge < -0.3 is 0 Å². The molecule has 0 saturated heterocycles. The predicted octanol–water partition coefficient (Wildman–Crippen LogP) is 8.10. The van der Waals surface area contributed by atoms with Gasteiger partial charge in [-0.1, -0.05) is 88.0 Å². The van der Waals surface area contributed by atoms with Crippen LogP contribution in [0.15, 0.2) is 42.5 Å². The second-order valence-electron chi connectivity index (χ2n) is 9.39. The van der Waals surface area contributed by atoms with E-state index in [1.165, 1.54) is 56.9 Å². The minimum absolute atomic E-state index is 0.195. The van der Waals surface area contributed by atoms with Crippen molar-refractivity contribution in [3.8, 4) is 11.8 Å². The molecule has 0 heterocycles. The molecule has 0 N–H and O–H groups in total. The summed E-state index contributed by atoms with van der Waals surface area (Å²) in [6, 6.07) is 13.6. The van der Waals surface area contributed by atoms with Crippen LogP contribution in [0.1, 0.15) is 87.5 Å². The van der Waals surface area contributed by atoms with Gasteiger partial charge >= 0.3 is 0 Å². The van der Waals surface area contributed by atoms with Crippen molar-refractivity contribution in [1.29, 1.82) is 0 Å². The summed E-state index contributed by atoms with van der Waals surface area (Å²) in [4.78, 5) is 0. The van der Waals surface area contributed by atoms with Gasteiger partial charge in [0.15, 0.2) is 0 Å². The molecule has 2 aromatic rings. The standard InChI is InChI=1S/C29H37F/c1-4-5-6-7-24-12-16-27(17-13-24)23(3)20-26-15-19-28(29(30)21-26)18-14-25-10-8-22(2)9-11-25/h8-11,15,19,21,23-24,27H,4-7,12-13,16-17,20H2,1-3H3. The van der Waals surface area contributed by atoms with Crippen molar-refractivity contribution in [2.75, 3.05) is 0 Å². The van der Waals surface area contributed by atoms with E-state index in [1.807, 2.05) is 30.3 Å². The zero-order valence-electron chi connectivity index (χ0n) is 19.0. The molecule has 160 valence electrons. The lowest BCUT2D eigenvalue weighted by molar-refractivity contribution is 0.204. The van der Waals surface area contributed by atoms with E-state index in [4.69, 9.17) is 0 Å². The minimum atomic E-state index is -0.195. The Labute approximate surface area is 183 Å². The van der Waals surface area contributed by atoms with Crippen LogP contribution in [0, 0.1) is 42.3 Å². The van der Waals surface area contributed by atoms with Crippen molar-refractivity contribution in [3.05, 3.63) is 70.5 Å². The summed E-state index contributed by atoms with van der Waals surface area (Å²) in [5.74, 6) is 8.22. The molecule has 1 fully saturated rings. The highest BCUT2D eigenvalue weighted by molar-refractivity contribution is 5.44. The molecule has 0 amide bonds. The summed E-state index contributed by atoms with van der Waals surface area (Å²) in [5.41, 5.74) is 3.71. The Bertz CT molecular complexity index is 844. The van der Waals surface area contributed by atoms with Gasteiger partial charge in [0, 0.05) is 5.56 Å². The van der Waals surface area contributed by atoms with E-state index in [0.717, 1.165) is 29.4 Å². The molecule has 1 atom stereocenters. The summed E-state index contributed by atoms with van der Waals surface area (Å²) in [7, 11) is 0. The van der Waals surface area contributed by atoms with E-state index < -0.39 is 0 Å². The van der Waals surface area contributed by atoms with E-state index in [2.05, 4.69) is 38.7 Å². The van der Waals surface area contributed by atoms with Crippen LogP contribution in [-0.4, -0.2) is 0 Å². The predicted molar refractivity (Wildman–Crippen MR) is 126 cm³/mol. The van der Waals surface area contributed by atoms with Crippen LogP contribution in [0.4, 0.5) is 4.39 Å². The Hall–Kier alpha value is -2.07. The molecule has 0 spiro atoms. The van der Waals surface area contributed by atoms with Crippen molar-refractivity contribution >= 4 is 0 Å². The van der Waals surface area contributed by atoms with E-state index in [9.17, 15) is 4.39 Å². The Morgan fingerprint density at radius 2 is 1.70 bits per heavy atom. The topological polar surface area (TPSA) is 0 Å². The quantitative estimate of drug-likeness (QED) is 0.323. The fourth-order valence-electron chi connectivity index (χ4n) is 4.83. The van der Waals surface area contributed by atoms with Crippen molar-refractivity contribution < 1.29 is 4.39 Å².